The highest BCUT2D eigenvalue weighted by atomic mass is 32.1. The topological polar surface area (TPSA) is 100.0 Å². The summed E-state index contributed by atoms with van der Waals surface area (Å²) in [6.45, 7) is 8.31. The second-order valence-electron chi connectivity index (χ2n) is 9.63. The van der Waals surface area contributed by atoms with E-state index in [0.717, 1.165) is 22.0 Å². The first-order valence-electron chi connectivity index (χ1n) is 12.0. The number of hydrogen-bond acceptors (Lipinski definition) is 6. The number of aromatic carboxylic acids is 1. The first-order valence-corrected chi connectivity index (χ1v) is 12.9. The van der Waals surface area contributed by atoms with Crippen LogP contribution in [0.1, 0.15) is 47.4 Å². The van der Waals surface area contributed by atoms with E-state index in [9.17, 15) is 19.8 Å². The Morgan fingerprint density at radius 1 is 1.05 bits per heavy atom. The Kier molecular flexibility index (Phi) is 7.50. The molecular formula is C29H30N2O5S. The fourth-order valence-corrected chi connectivity index (χ4v) is 5.18. The van der Waals surface area contributed by atoms with Gasteiger partial charge in [0.15, 0.2) is 5.54 Å². The molecule has 0 fully saturated rings. The van der Waals surface area contributed by atoms with Crippen LogP contribution in [0.2, 0.25) is 0 Å². The van der Waals surface area contributed by atoms with Crippen LogP contribution in [0.25, 0.3) is 10.8 Å². The van der Waals surface area contributed by atoms with Gasteiger partial charge < -0.3 is 19.8 Å². The highest BCUT2D eigenvalue weighted by molar-refractivity contribution is 7.10. The Bertz CT molecular complexity index is 1430. The molecule has 2 N–H and O–H groups in total. The zero-order valence-electron chi connectivity index (χ0n) is 21.3. The SMILES string of the molecule is Cc1csc([C@@](C)(C(=O)O)N(CC(C)C)c2cc3ccccc3cc2OCc2ccc(C(=O)O)cc2)n1. The lowest BCUT2D eigenvalue weighted by Crippen LogP contribution is -2.51. The maximum atomic E-state index is 12.9. The minimum absolute atomic E-state index is 0.155. The van der Waals surface area contributed by atoms with Crippen molar-refractivity contribution in [1.82, 2.24) is 4.98 Å². The quantitative estimate of drug-likeness (QED) is 0.252. The molecule has 8 heteroatoms. The summed E-state index contributed by atoms with van der Waals surface area (Å²) in [4.78, 5) is 30.6. The monoisotopic (exact) mass is 518 g/mol. The zero-order chi connectivity index (χ0) is 26.7. The molecule has 0 saturated heterocycles. The average molecular weight is 519 g/mol. The number of fused-ring (bicyclic) bond motifs is 1. The van der Waals surface area contributed by atoms with Crippen LogP contribution in [-0.4, -0.2) is 33.7 Å². The van der Waals surface area contributed by atoms with Crippen LogP contribution >= 0.6 is 11.3 Å². The van der Waals surface area contributed by atoms with E-state index in [1.165, 1.54) is 11.3 Å². The zero-order valence-corrected chi connectivity index (χ0v) is 22.1. The Labute approximate surface area is 220 Å². The summed E-state index contributed by atoms with van der Waals surface area (Å²) in [5.41, 5.74) is 1.02. The fourth-order valence-electron chi connectivity index (χ4n) is 4.23. The second kappa shape index (κ2) is 10.6. The van der Waals surface area contributed by atoms with E-state index in [1.54, 1.807) is 31.2 Å². The van der Waals surface area contributed by atoms with Gasteiger partial charge in [0.05, 0.1) is 11.3 Å². The van der Waals surface area contributed by atoms with Crippen molar-refractivity contribution in [3.8, 4) is 5.75 Å². The van der Waals surface area contributed by atoms with Gasteiger partial charge in [-0.2, -0.15) is 0 Å². The maximum Gasteiger partial charge on any atom is 0.336 e. The summed E-state index contributed by atoms with van der Waals surface area (Å²) >= 11 is 1.34. The van der Waals surface area contributed by atoms with Gasteiger partial charge in [0.2, 0.25) is 0 Å². The number of carbonyl (C=O) groups is 2. The van der Waals surface area contributed by atoms with Crippen molar-refractivity contribution >= 4 is 39.7 Å². The minimum atomic E-state index is -1.42. The van der Waals surface area contributed by atoms with Crippen molar-refractivity contribution in [1.29, 1.82) is 0 Å². The molecule has 7 nitrogen and oxygen atoms in total. The molecule has 1 heterocycles. The Morgan fingerprint density at radius 2 is 1.70 bits per heavy atom. The highest BCUT2D eigenvalue weighted by Crippen LogP contribution is 2.42. The van der Waals surface area contributed by atoms with E-state index in [1.807, 2.05) is 67.4 Å². The predicted molar refractivity (Wildman–Crippen MR) is 146 cm³/mol. The van der Waals surface area contributed by atoms with Gasteiger partial charge in [0.1, 0.15) is 17.4 Å². The lowest BCUT2D eigenvalue weighted by molar-refractivity contribution is -0.143. The summed E-state index contributed by atoms with van der Waals surface area (Å²) in [5, 5.41) is 24.0. The summed E-state index contributed by atoms with van der Waals surface area (Å²) in [5.74, 6) is -1.28. The van der Waals surface area contributed by atoms with Crippen LogP contribution in [-0.2, 0) is 16.9 Å². The van der Waals surface area contributed by atoms with Crippen LogP contribution in [0.4, 0.5) is 5.69 Å². The van der Waals surface area contributed by atoms with Gasteiger partial charge >= 0.3 is 11.9 Å². The number of aromatic nitrogens is 1. The summed E-state index contributed by atoms with van der Waals surface area (Å²) in [6, 6.07) is 18.3. The number of benzene rings is 3. The molecule has 0 bridgehead atoms. The normalized spacial score (nSPS) is 12.9. The van der Waals surface area contributed by atoms with Crippen molar-refractivity contribution < 1.29 is 24.5 Å². The number of carboxylic acids is 2. The van der Waals surface area contributed by atoms with E-state index in [0.29, 0.717) is 23.0 Å². The molecule has 1 atom stereocenters. The minimum Gasteiger partial charge on any atom is -0.487 e. The molecule has 0 aliphatic heterocycles. The molecule has 4 aromatic rings. The number of ether oxygens (including phenoxy) is 1. The third-order valence-electron chi connectivity index (χ3n) is 6.25. The molecule has 0 unspecified atom stereocenters. The number of thiazole rings is 1. The predicted octanol–water partition coefficient (Wildman–Crippen LogP) is 6.34. The van der Waals surface area contributed by atoms with Crippen LogP contribution in [0.3, 0.4) is 0 Å². The lowest BCUT2D eigenvalue weighted by Gasteiger charge is -2.40. The van der Waals surface area contributed by atoms with E-state index in [4.69, 9.17) is 4.74 Å². The third-order valence-corrected chi connectivity index (χ3v) is 7.42. The second-order valence-corrected chi connectivity index (χ2v) is 10.5. The van der Waals surface area contributed by atoms with E-state index in [-0.39, 0.29) is 18.1 Å². The van der Waals surface area contributed by atoms with Crippen molar-refractivity contribution in [3.05, 3.63) is 87.9 Å². The smallest absolute Gasteiger partial charge is 0.336 e. The molecule has 0 aliphatic carbocycles. The molecule has 1 aromatic heterocycles. The number of nitrogens with zero attached hydrogens (tertiary/aromatic N) is 2. The first-order chi connectivity index (χ1) is 17.6. The first kappa shape index (κ1) is 26.2. The van der Waals surface area contributed by atoms with E-state index >= 15 is 0 Å². The molecule has 3 aromatic carbocycles. The molecular weight excluding hydrogens is 488 g/mol. The van der Waals surface area contributed by atoms with Crippen molar-refractivity contribution in [2.75, 3.05) is 11.4 Å². The number of aryl methyl sites for hydroxylation is 1. The van der Waals surface area contributed by atoms with Crippen LogP contribution in [0.5, 0.6) is 5.75 Å². The summed E-state index contributed by atoms with van der Waals surface area (Å²) < 4.78 is 6.31. The number of hydrogen-bond donors (Lipinski definition) is 2. The number of aliphatic carboxylic acids is 1. The summed E-state index contributed by atoms with van der Waals surface area (Å²) in [7, 11) is 0. The highest BCUT2D eigenvalue weighted by Gasteiger charge is 2.45. The number of carboxylic acid groups (broad SMARTS) is 2. The maximum absolute atomic E-state index is 12.9. The largest absolute Gasteiger partial charge is 0.487 e. The van der Waals surface area contributed by atoms with Crippen LogP contribution in [0.15, 0.2) is 66.0 Å². The number of anilines is 1. The van der Waals surface area contributed by atoms with Crippen LogP contribution < -0.4 is 9.64 Å². The van der Waals surface area contributed by atoms with Crippen molar-refractivity contribution in [2.24, 2.45) is 5.92 Å². The Balaban J connectivity index is 1.83. The van der Waals surface area contributed by atoms with Gasteiger partial charge in [-0.1, -0.05) is 50.2 Å². The standard InChI is InChI=1S/C29H30N2O5S/c1-18(2)15-31(29(4,28(34)35)27-30-19(3)17-37-27)24-13-22-7-5-6-8-23(22)14-25(24)36-16-20-9-11-21(12-10-20)26(32)33/h5-14,17-18H,15-16H2,1-4H3,(H,32,33)(H,34,35)/t29-/m0/s1. The van der Waals surface area contributed by atoms with Gasteiger partial charge in [-0.3, -0.25) is 0 Å². The molecule has 0 aliphatic rings. The van der Waals surface area contributed by atoms with Gasteiger partial charge in [0.25, 0.3) is 0 Å². The Hall–Kier alpha value is -3.91. The average Bonchev–Trinajstić information content (AvgIpc) is 3.31. The fraction of sp³-hybridized carbons (Fsp3) is 0.276. The van der Waals surface area contributed by atoms with E-state index < -0.39 is 17.5 Å². The summed E-state index contributed by atoms with van der Waals surface area (Å²) in [6.07, 6.45) is 0. The van der Waals surface area contributed by atoms with Gasteiger partial charge in [0, 0.05) is 17.6 Å². The van der Waals surface area contributed by atoms with Gasteiger partial charge in [-0.25, -0.2) is 14.6 Å². The van der Waals surface area contributed by atoms with Crippen molar-refractivity contribution in [3.63, 3.8) is 0 Å². The number of rotatable bonds is 10. The molecule has 0 radical (unpaired) electrons. The molecule has 4 rings (SSSR count). The molecule has 37 heavy (non-hydrogen) atoms. The molecule has 0 spiro atoms. The van der Waals surface area contributed by atoms with Gasteiger partial charge in [-0.05, 0) is 60.4 Å². The molecule has 192 valence electrons. The van der Waals surface area contributed by atoms with E-state index in [2.05, 4.69) is 4.98 Å². The lowest BCUT2D eigenvalue weighted by atomic mass is 9.96. The van der Waals surface area contributed by atoms with Gasteiger partial charge in [-0.15, -0.1) is 11.3 Å². The van der Waals surface area contributed by atoms with Crippen LogP contribution in [0, 0.1) is 12.8 Å². The van der Waals surface area contributed by atoms with Crippen molar-refractivity contribution in [2.45, 2.75) is 39.8 Å². The Morgan fingerprint density at radius 3 is 2.24 bits per heavy atom. The molecule has 0 saturated carbocycles. The third kappa shape index (κ3) is 5.44. The molecule has 0 amide bonds.